The molecular formula is C12H24N4O. The lowest BCUT2D eigenvalue weighted by Crippen LogP contribution is -2.31. The second-order valence-corrected chi connectivity index (χ2v) is 5.21. The standard InChI is InChI=1S/C12H24N4O/c1-9(2)7-16(8-10(3)4)12-15-14-11(17-12)5-6-13/h9-10H,5-8,13H2,1-4H3. The van der Waals surface area contributed by atoms with Crippen molar-refractivity contribution in [1.29, 1.82) is 0 Å². The zero-order valence-electron chi connectivity index (χ0n) is 11.3. The van der Waals surface area contributed by atoms with E-state index >= 15 is 0 Å². The van der Waals surface area contributed by atoms with Gasteiger partial charge in [0.05, 0.1) is 0 Å². The summed E-state index contributed by atoms with van der Waals surface area (Å²) in [4.78, 5) is 2.16. The molecule has 0 aliphatic heterocycles. The van der Waals surface area contributed by atoms with Crippen LogP contribution >= 0.6 is 0 Å². The van der Waals surface area contributed by atoms with Crippen LogP contribution in [0.5, 0.6) is 0 Å². The Balaban J connectivity index is 2.72. The van der Waals surface area contributed by atoms with Crippen molar-refractivity contribution in [2.75, 3.05) is 24.5 Å². The number of hydrogen-bond acceptors (Lipinski definition) is 5. The van der Waals surface area contributed by atoms with Crippen molar-refractivity contribution in [2.45, 2.75) is 34.1 Å². The van der Waals surface area contributed by atoms with Crippen LogP contribution in [-0.2, 0) is 6.42 Å². The first-order valence-corrected chi connectivity index (χ1v) is 6.30. The molecule has 0 spiro atoms. The van der Waals surface area contributed by atoms with Crippen LogP contribution in [0.25, 0.3) is 0 Å². The molecule has 0 amide bonds. The van der Waals surface area contributed by atoms with E-state index in [1.165, 1.54) is 0 Å². The molecule has 5 nitrogen and oxygen atoms in total. The van der Waals surface area contributed by atoms with Crippen molar-refractivity contribution < 1.29 is 4.42 Å². The van der Waals surface area contributed by atoms with E-state index in [0.29, 0.717) is 36.7 Å². The maximum Gasteiger partial charge on any atom is 0.318 e. The number of nitrogens with zero attached hydrogens (tertiary/aromatic N) is 3. The first kappa shape index (κ1) is 14.0. The third-order valence-corrected chi connectivity index (χ3v) is 2.26. The topological polar surface area (TPSA) is 68.2 Å². The van der Waals surface area contributed by atoms with E-state index in [-0.39, 0.29) is 0 Å². The quantitative estimate of drug-likeness (QED) is 0.785. The van der Waals surface area contributed by atoms with Gasteiger partial charge in [-0.3, -0.25) is 0 Å². The van der Waals surface area contributed by atoms with Crippen LogP contribution in [0.2, 0.25) is 0 Å². The molecule has 0 fully saturated rings. The van der Waals surface area contributed by atoms with Gasteiger partial charge in [-0.1, -0.05) is 32.8 Å². The average molecular weight is 240 g/mol. The fourth-order valence-electron chi connectivity index (χ4n) is 1.71. The number of hydrogen-bond donors (Lipinski definition) is 1. The Morgan fingerprint density at radius 1 is 1.12 bits per heavy atom. The zero-order valence-corrected chi connectivity index (χ0v) is 11.3. The number of rotatable bonds is 7. The summed E-state index contributed by atoms with van der Waals surface area (Å²) in [5, 5.41) is 8.10. The van der Waals surface area contributed by atoms with Crippen molar-refractivity contribution >= 4 is 6.01 Å². The fourth-order valence-corrected chi connectivity index (χ4v) is 1.71. The van der Waals surface area contributed by atoms with Crippen LogP contribution in [0.1, 0.15) is 33.6 Å². The summed E-state index contributed by atoms with van der Waals surface area (Å²) in [6, 6.07) is 0.621. The van der Waals surface area contributed by atoms with Gasteiger partial charge in [-0.05, 0) is 11.8 Å². The van der Waals surface area contributed by atoms with Crippen LogP contribution in [-0.4, -0.2) is 29.8 Å². The SMILES string of the molecule is CC(C)CN(CC(C)C)c1nnc(CCN)o1. The third kappa shape index (κ3) is 4.73. The second-order valence-electron chi connectivity index (χ2n) is 5.21. The van der Waals surface area contributed by atoms with Gasteiger partial charge < -0.3 is 15.1 Å². The number of nitrogens with two attached hydrogens (primary N) is 1. The largest absolute Gasteiger partial charge is 0.408 e. The molecule has 0 aromatic carbocycles. The van der Waals surface area contributed by atoms with Crippen LogP contribution in [0, 0.1) is 11.8 Å². The molecule has 0 aliphatic carbocycles. The second kappa shape index (κ2) is 6.59. The van der Waals surface area contributed by atoms with E-state index in [9.17, 15) is 0 Å². The van der Waals surface area contributed by atoms with E-state index in [2.05, 4.69) is 42.8 Å². The number of aromatic nitrogens is 2. The van der Waals surface area contributed by atoms with E-state index in [0.717, 1.165) is 13.1 Å². The zero-order chi connectivity index (χ0) is 12.8. The minimum atomic E-state index is 0.538. The molecule has 0 saturated heterocycles. The molecule has 1 aromatic heterocycles. The summed E-state index contributed by atoms with van der Waals surface area (Å²) in [7, 11) is 0. The highest BCUT2D eigenvalue weighted by Gasteiger charge is 2.16. The van der Waals surface area contributed by atoms with Gasteiger partial charge in [0.2, 0.25) is 5.89 Å². The maximum absolute atomic E-state index is 5.61. The normalized spacial score (nSPS) is 11.5. The third-order valence-electron chi connectivity index (χ3n) is 2.26. The van der Waals surface area contributed by atoms with Gasteiger partial charge in [0.25, 0.3) is 0 Å². The molecule has 0 unspecified atom stereocenters. The Labute approximate surface area is 103 Å². The monoisotopic (exact) mass is 240 g/mol. The van der Waals surface area contributed by atoms with Crippen molar-refractivity contribution in [3.8, 4) is 0 Å². The predicted octanol–water partition coefficient (Wildman–Crippen LogP) is 1.69. The Morgan fingerprint density at radius 3 is 2.18 bits per heavy atom. The summed E-state index contributed by atoms with van der Waals surface area (Å²) < 4.78 is 5.61. The lowest BCUT2D eigenvalue weighted by atomic mass is 10.1. The van der Waals surface area contributed by atoms with Gasteiger partial charge in [0.1, 0.15) is 0 Å². The molecule has 1 rings (SSSR count). The van der Waals surface area contributed by atoms with Crippen LogP contribution in [0.3, 0.4) is 0 Å². The highest BCUT2D eigenvalue weighted by molar-refractivity contribution is 5.24. The predicted molar refractivity (Wildman–Crippen MR) is 68.9 cm³/mol. The molecule has 5 heteroatoms. The van der Waals surface area contributed by atoms with Gasteiger partial charge in [-0.25, -0.2) is 0 Å². The van der Waals surface area contributed by atoms with E-state index in [1.54, 1.807) is 0 Å². The molecule has 0 saturated carbocycles. The van der Waals surface area contributed by atoms with Gasteiger partial charge in [0, 0.05) is 26.1 Å². The summed E-state index contributed by atoms with van der Waals surface area (Å²) >= 11 is 0. The Morgan fingerprint density at radius 2 is 1.71 bits per heavy atom. The van der Waals surface area contributed by atoms with E-state index < -0.39 is 0 Å². The van der Waals surface area contributed by atoms with Crippen LogP contribution in [0.4, 0.5) is 6.01 Å². The minimum Gasteiger partial charge on any atom is -0.408 e. The van der Waals surface area contributed by atoms with Gasteiger partial charge >= 0.3 is 6.01 Å². The highest BCUT2D eigenvalue weighted by Crippen LogP contribution is 2.16. The van der Waals surface area contributed by atoms with Gasteiger partial charge in [-0.2, -0.15) is 0 Å². The summed E-state index contributed by atoms with van der Waals surface area (Å²) in [6.07, 6.45) is 0.643. The minimum absolute atomic E-state index is 0.538. The molecule has 2 N–H and O–H groups in total. The van der Waals surface area contributed by atoms with Crippen molar-refractivity contribution in [3.05, 3.63) is 5.89 Å². The summed E-state index contributed by atoms with van der Waals surface area (Å²) in [5.41, 5.74) is 5.47. The Kier molecular flexibility index (Phi) is 5.41. The van der Waals surface area contributed by atoms with Crippen LogP contribution < -0.4 is 10.6 Å². The molecule has 17 heavy (non-hydrogen) atoms. The molecular weight excluding hydrogens is 216 g/mol. The molecule has 0 radical (unpaired) electrons. The molecule has 0 aliphatic rings. The van der Waals surface area contributed by atoms with Gasteiger partial charge in [0.15, 0.2) is 0 Å². The first-order valence-electron chi connectivity index (χ1n) is 6.30. The Hall–Kier alpha value is -1.10. The van der Waals surface area contributed by atoms with Crippen molar-refractivity contribution in [1.82, 2.24) is 10.2 Å². The maximum atomic E-state index is 5.61. The number of anilines is 1. The Bertz CT molecular complexity index is 312. The molecule has 98 valence electrons. The average Bonchev–Trinajstić information content (AvgIpc) is 2.64. The van der Waals surface area contributed by atoms with Crippen molar-refractivity contribution in [2.24, 2.45) is 17.6 Å². The lowest BCUT2D eigenvalue weighted by molar-refractivity contribution is 0.455. The fraction of sp³-hybridized carbons (Fsp3) is 0.833. The lowest BCUT2D eigenvalue weighted by Gasteiger charge is -2.23. The van der Waals surface area contributed by atoms with Crippen molar-refractivity contribution in [3.63, 3.8) is 0 Å². The summed E-state index contributed by atoms with van der Waals surface area (Å²) in [5.74, 6) is 1.76. The molecule has 0 bridgehead atoms. The van der Waals surface area contributed by atoms with Crippen LogP contribution in [0.15, 0.2) is 4.42 Å². The molecule has 0 atom stereocenters. The first-order chi connectivity index (χ1) is 8.02. The summed E-state index contributed by atoms with van der Waals surface area (Å²) in [6.45, 7) is 11.1. The molecule has 1 heterocycles. The highest BCUT2D eigenvalue weighted by atomic mass is 16.4. The van der Waals surface area contributed by atoms with E-state index in [4.69, 9.17) is 10.2 Å². The van der Waals surface area contributed by atoms with Gasteiger partial charge in [-0.15, -0.1) is 5.10 Å². The van der Waals surface area contributed by atoms with E-state index in [1.807, 2.05) is 0 Å². The smallest absolute Gasteiger partial charge is 0.318 e. The molecule has 1 aromatic rings.